The molecule has 0 aromatic carbocycles. The highest BCUT2D eigenvalue weighted by atomic mass is 16.5. The molecule has 29 heavy (non-hydrogen) atoms. The van der Waals surface area contributed by atoms with Gasteiger partial charge >= 0.3 is 11.7 Å². The number of likely N-dealkylation sites (tertiary alicyclic amines) is 1. The molecular weight excluding hydrogens is 368 g/mol. The van der Waals surface area contributed by atoms with Gasteiger partial charge < -0.3 is 20.4 Å². The van der Waals surface area contributed by atoms with Gasteiger partial charge in [-0.05, 0) is 58.7 Å². The number of unbranched alkanes of at least 4 members (excludes halogenated alkanes) is 2. The van der Waals surface area contributed by atoms with Gasteiger partial charge in [0, 0.05) is 6.54 Å². The summed E-state index contributed by atoms with van der Waals surface area (Å²) in [5.41, 5.74) is 6.88. The van der Waals surface area contributed by atoms with Gasteiger partial charge in [-0.15, -0.1) is 0 Å². The molecule has 8 nitrogen and oxygen atoms in total. The average molecular weight is 405 g/mol. The molecule has 1 atom stereocenters. The number of aromatic nitrogens is 4. The first-order valence-electron chi connectivity index (χ1n) is 11.2. The summed E-state index contributed by atoms with van der Waals surface area (Å²) >= 11 is 0. The summed E-state index contributed by atoms with van der Waals surface area (Å²) < 4.78 is 7.45. The van der Waals surface area contributed by atoms with Crippen molar-refractivity contribution in [2.75, 3.05) is 25.4 Å². The van der Waals surface area contributed by atoms with Crippen molar-refractivity contribution >= 4 is 17.0 Å². The van der Waals surface area contributed by atoms with Crippen molar-refractivity contribution in [1.29, 1.82) is 0 Å². The van der Waals surface area contributed by atoms with E-state index in [1.807, 2.05) is 6.92 Å². The van der Waals surface area contributed by atoms with Gasteiger partial charge in [0.15, 0.2) is 11.5 Å². The Balaban J connectivity index is 1.58. The van der Waals surface area contributed by atoms with Crippen LogP contribution in [0.15, 0.2) is 4.79 Å². The normalized spacial score (nSPS) is 16.8. The largest absolute Gasteiger partial charge is 0.460 e. The molecule has 1 saturated heterocycles. The number of anilines is 1. The van der Waals surface area contributed by atoms with Crippen LogP contribution in [0.25, 0.3) is 11.2 Å². The van der Waals surface area contributed by atoms with Crippen LogP contribution in [0.3, 0.4) is 0 Å². The number of aromatic amines is 1. The first-order chi connectivity index (χ1) is 14.1. The smallest absolute Gasteiger partial charge is 0.327 e. The highest BCUT2D eigenvalue weighted by Gasteiger charge is 2.16. The number of hydrogen-bond donors (Lipinski definition) is 2. The number of nitrogens with two attached hydrogens (primary N) is 1. The molecule has 0 saturated carbocycles. The molecule has 1 unspecified atom stereocenters. The van der Waals surface area contributed by atoms with Crippen molar-refractivity contribution in [1.82, 2.24) is 24.4 Å². The fraction of sp³-hybridized carbons (Fsp3) is 0.762. The molecule has 3 heterocycles. The number of ether oxygens (including phenoxy) is 1. The summed E-state index contributed by atoms with van der Waals surface area (Å²) in [6.07, 6.45) is 10.5. The van der Waals surface area contributed by atoms with Gasteiger partial charge in [-0.2, -0.15) is 9.97 Å². The van der Waals surface area contributed by atoms with E-state index in [9.17, 15) is 4.79 Å². The first kappa shape index (κ1) is 21.6. The molecule has 3 N–H and O–H groups in total. The van der Waals surface area contributed by atoms with Crippen LogP contribution >= 0.6 is 0 Å². The van der Waals surface area contributed by atoms with Crippen molar-refractivity contribution in [3.8, 4) is 6.01 Å². The lowest BCUT2D eigenvalue weighted by atomic mass is 10.2. The predicted molar refractivity (Wildman–Crippen MR) is 116 cm³/mol. The Hall–Kier alpha value is -2.09. The molecule has 0 spiro atoms. The van der Waals surface area contributed by atoms with Crippen LogP contribution in [0.5, 0.6) is 6.01 Å². The van der Waals surface area contributed by atoms with E-state index in [-0.39, 0.29) is 23.6 Å². The van der Waals surface area contributed by atoms with Gasteiger partial charge in [0.1, 0.15) is 5.52 Å². The van der Waals surface area contributed by atoms with E-state index in [1.54, 1.807) is 4.57 Å². The third-order valence-electron chi connectivity index (χ3n) is 5.69. The highest BCUT2D eigenvalue weighted by molar-refractivity contribution is 5.81. The SMILES string of the molecule is CCCC(C)Oc1nc(N)c2[nH]c(=O)n(CCCCCN3CCCCCC3)c2n1. The zero-order valence-corrected chi connectivity index (χ0v) is 18.0. The number of fused-ring (bicyclic) bond motifs is 1. The second kappa shape index (κ2) is 10.6. The summed E-state index contributed by atoms with van der Waals surface area (Å²) in [7, 11) is 0. The number of rotatable bonds is 10. The minimum absolute atomic E-state index is 0.00921. The molecule has 2 aromatic heterocycles. The molecule has 162 valence electrons. The molecule has 3 rings (SSSR count). The van der Waals surface area contributed by atoms with Crippen LogP contribution in [-0.4, -0.2) is 50.2 Å². The molecule has 0 radical (unpaired) electrons. The number of hydrogen-bond acceptors (Lipinski definition) is 6. The maximum Gasteiger partial charge on any atom is 0.327 e. The Kier molecular flexibility index (Phi) is 7.91. The average Bonchev–Trinajstić information content (AvgIpc) is 2.84. The molecule has 0 aliphatic carbocycles. The van der Waals surface area contributed by atoms with E-state index in [0.717, 1.165) is 38.6 Å². The first-order valence-corrected chi connectivity index (χ1v) is 11.2. The summed E-state index contributed by atoms with van der Waals surface area (Å²) in [4.78, 5) is 26.5. The Bertz CT molecular complexity index is 822. The van der Waals surface area contributed by atoms with E-state index in [4.69, 9.17) is 10.5 Å². The van der Waals surface area contributed by atoms with E-state index in [0.29, 0.717) is 17.7 Å². The van der Waals surface area contributed by atoms with E-state index >= 15 is 0 Å². The zero-order valence-electron chi connectivity index (χ0n) is 18.0. The molecule has 1 aliphatic heterocycles. The summed E-state index contributed by atoms with van der Waals surface area (Å²) in [6.45, 7) is 8.34. The molecular formula is C21H36N6O2. The molecule has 2 aromatic rings. The van der Waals surface area contributed by atoms with Crippen molar-refractivity contribution in [3.05, 3.63) is 10.5 Å². The number of nitrogens with one attached hydrogen (secondary N) is 1. The Labute approximate surface area is 172 Å². The number of nitrogens with zero attached hydrogens (tertiary/aromatic N) is 4. The second-order valence-electron chi connectivity index (χ2n) is 8.21. The van der Waals surface area contributed by atoms with Gasteiger partial charge in [0.25, 0.3) is 0 Å². The van der Waals surface area contributed by atoms with Gasteiger partial charge in [0.05, 0.1) is 6.10 Å². The molecule has 0 bridgehead atoms. The van der Waals surface area contributed by atoms with Crippen LogP contribution < -0.4 is 16.2 Å². The number of nitrogen functional groups attached to an aromatic ring is 1. The standard InChI is InChI=1S/C21H36N6O2/c1-3-11-16(2)29-20-24-18(22)17-19(25-20)27(21(28)23-17)15-10-6-9-14-26-12-7-4-5-8-13-26/h16H,3-15H2,1-2H3,(H,23,28)(H2,22,24,25). The lowest BCUT2D eigenvalue weighted by Crippen LogP contribution is -2.25. The van der Waals surface area contributed by atoms with Crippen molar-refractivity contribution < 1.29 is 4.74 Å². The molecule has 1 fully saturated rings. The van der Waals surface area contributed by atoms with Crippen LogP contribution in [0.1, 0.15) is 71.6 Å². The van der Waals surface area contributed by atoms with Crippen LogP contribution in [-0.2, 0) is 6.54 Å². The van der Waals surface area contributed by atoms with Crippen molar-refractivity contribution in [2.24, 2.45) is 0 Å². The number of H-pyrrole nitrogens is 1. The Morgan fingerprint density at radius 1 is 1.10 bits per heavy atom. The fourth-order valence-electron chi connectivity index (χ4n) is 4.08. The second-order valence-corrected chi connectivity index (χ2v) is 8.21. The third-order valence-corrected chi connectivity index (χ3v) is 5.69. The fourth-order valence-corrected chi connectivity index (χ4v) is 4.08. The summed E-state index contributed by atoms with van der Waals surface area (Å²) in [5.74, 6) is 0.255. The third kappa shape index (κ3) is 5.95. The van der Waals surface area contributed by atoms with Gasteiger partial charge in [-0.25, -0.2) is 4.79 Å². The Morgan fingerprint density at radius 3 is 2.55 bits per heavy atom. The number of imidazole rings is 1. The van der Waals surface area contributed by atoms with Crippen LogP contribution in [0, 0.1) is 0 Å². The van der Waals surface area contributed by atoms with Crippen LogP contribution in [0.4, 0.5) is 5.82 Å². The summed E-state index contributed by atoms with van der Waals surface area (Å²) in [5, 5.41) is 0. The highest BCUT2D eigenvalue weighted by Crippen LogP contribution is 2.19. The van der Waals surface area contributed by atoms with Gasteiger partial charge in [-0.3, -0.25) is 4.57 Å². The Morgan fingerprint density at radius 2 is 1.83 bits per heavy atom. The minimum Gasteiger partial charge on any atom is -0.460 e. The van der Waals surface area contributed by atoms with Gasteiger partial charge in [0.2, 0.25) is 0 Å². The van der Waals surface area contributed by atoms with Crippen molar-refractivity contribution in [3.63, 3.8) is 0 Å². The van der Waals surface area contributed by atoms with Crippen LogP contribution in [0.2, 0.25) is 0 Å². The quantitative estimate of drug-likeness (QED) is 0.589. The lowest BCUT2D eigenvalue weighted by molar-refractivity contribution is 0.193. The maximum absolute atomic E-state index is 12.4. The summed E-state index contributed by atoms with van der Waals surface area (Å²) in [6, 6.07) is 0.241. The maximum atomic E-state index is 12.4. The number of aryl methyl sites for hydroxylation is 1. The molecule has 0 amide bonds. The lowest BCUT2D eigenvalue weighted by Gasteiger charge is -2.19. The topological polar surface area (TPSA) is 102 Å². The predicted octanol–water partition coefficient (Wildman–Crippen LogP) is 3.32. The molecule has 8 heteroatoms. The van der Waals surface area contributed by atoms with E-state index < -0.39 is 0 Å². The molecule has 1 aliphatic rings. The van der Waals surface area contributed by atoms with Crippen molar-refractivity contribution in [2.45, 2.75) is 84.3 Å². The minimum atomic E-state index is -0.188. The van der Waals surface area contributed by atoms with E-state index in [2.05, 4.69) is 26.8 Å². The van der Waals surface area contributed by atoms with E-state index in [1.165, 1.54) is 38.8 Å². The zero-order chi connectivity index (χ0) is 20.6. The van der Waals surface area contributed by atoms with Gasteiger partial charge in [-0.1, -0.05) is 32.6 Å². The monoisotopic (exact) mass is 404 g/mol.